The number of ether oxygens (including phenoxy) is 1. The summed E-state index contributed by atoms with van der Waals surface area (Å²) in [6, 6.07) is 0. The summed E-state index contributed by atoms with van der Waals surface area (Å²) < 4.78 is 5.04. The van der Waals surface area contributed by atoms with E-state index in [1.807, 2.05) is 0 Å². The smallest absolute Gasteiger partial charge is 0.127 e. The molecule has 1 N–H and O–H groups in total. The maximum atomic E-state index is 11.2. The number of nitrogens with zero attached hydrogens (tertiary/aromatic N) is 1. The first-order valence-corrected chi connectivity index (χ1v) is 6.05. The highest BCUT2D eigenvalue weighted by molar-refractivity contribution is 5.60. The first kappa shape index (κ1) is 13.6. The average Bonchev–Trinajstić information content (AvgIpc) is 2.75. The van der Waals surface area contributed by atoms with Gasteiger partial charge in [-0.05, 0) is 12.8 Å². The Balaban J connectivity index is 2.47. The van der Waals surface area contributed by atoms with Gasteiger partial charge in [0.25, 0.3) is 0 Å². The summed E-state index contributed by atoms with van der Waals surface area (Å²) in [5, 5.41) is 9.00. The lowest BCUT2D eigenvalue weighted by Gasteiger charge is -2.30. The van der Waals surface area contributed by atoms with Crippen LogP contribution in [0.4, 0.5) is 0 Å². The third-order valence-corrected chi connectivity index (χ3v) is 3.42. The molecule has 0 amide bonds. The standard InChI is InChI=1S/C12H23NO3/c1-16-9-7-13(6-8-14)10-12(11-15)4-2-3-5-12/h11,14H,2-10H2,1H3. The molecule has 0 bridgehead atoms. The second kappa shape index (κ2) is 6.99. The van der Waals surface area contributed by atoms with Crippen molar-refractivity contribution in [1.82, 2.24) is 4.90 Å². The fraction of sp³-hybridized carbons (Fsp3) is 0.917. The quantitative estimate of drug-likeness (QED) is 0.622. The molecule has 0 atom stereocenters. The molecular formula is C12H23NO3. The van der Waals surface area contributed by atoms with Crippen molar-refractivity contribution in [2.24, 2.45) is 5.41 Å². The highest BCUT2D eigenvalue weighted by atomic mass is 16.5. The zero-order valence-corrected chi connectivity index (χ0v) is 10.2. The van der Waals surface area contributed by atoms with Gasteiger partial charge in [-0.15, -0.1) is 0 Å². The third-order valence-electron chi connectivity index (χ3n) is 3.42. The van der Waals surface area contributed by atoms with Crippen molar-refractivity contribution >= 4 is 6.29 Å². The normalized spacial score (nSPS) is 19.2. The van der Waals surface area contributed by atoms with Crippen molar-refractivity contribution in [3.63, 3.8) is 0 Å². The lowest BCUT2D eigenvalue weighted by atomic mass is 9.87. The van der Waals surface area contributed by atoms with Gasteiger partial charge in [-0.3, -0.25) is 4.90 Å². The topological polar surface area (TPSA) is 49.8 Å². The van der Waals surface area contributed by atoms with Gasteiger partial charge in [0.2, 0.25) is 0 Å². The Morgan fingerprint density at radius 1 is 1.38 bits per heavy atom. The molecule has 94 valence electrons. The van der Waals surface area contributed by atoms with Crippen LogP contribution < -0.4 is 0 Å². The number of carbonyl (C=O) groups is 1. The van der Waals surface area contributed by atoms with Gasteiger partial charge in [-0.2, -0.15) is 0 Å². The highest BCUT2D eigenvalue weighted by Crippen LogP contribution is 2.36. The molecule has 1 aliphatic rings. The first-order valence-electron chi connectivity index (χ1n) is 6.05. The predicted molar refractivity (Wildman–Crippen MR) is 62.4 cm³/mol. The fourth-order valence-corrected chi connectivity index (χ4v) is 2.47. The minimum atomic E-state index is -0.164. The van der Waals surface area contributed by atoms with Crippen LogP contribution in [0.3, 0.4) is 0 Å². The van der Waals surface area contributed by atoms with Crippen LogP contribution in [0.15, 0.2) is 0 Å². The summed E-state index contributed by atoms with van der Waals surface area (Å²) in [5.41, 5.74) is -0.164. The monoisotopic (exact) mass is 229 g/mol. The molecule has 0 aliphatic heterocycles. The average molecular weight is 229 g/mol. The molecule has 0 saturated heterocycles. The van der Waals surface area contributed by atoms with Crippen LogP contribution in [0, 0.1) is 5.41 Å². The van der Waals surface area contributed by atoms with Crippen molar-refractivity contribution in [3.05, 3.63) is 0 Å². The van der Waals surface area contributed by atoms with E-state index in [4.69, 9.17) is 9.84 Å². The number of methoxy groups -OCH3 is 1. The molecule has 1 saturated carbocycles. The Morgan fingerprint density at radius 2 is 2.06 bits per heavy atom. The second-order valence-electron chi connectivity index (χ2n) is 4.68. The van der Waals surface area contributed by atoms with Crippen molar-refractivity contribution in [1.29, 1.82) is 0 Å². The largest absolute Gasteiger partial charge is 0.395 e. The zero-order valence-electron chi connectivity index (χ0n) is 10.2. The van der Waals surface area contributed by atoms with E-state index >= 15 is 0 Å². The summed E-state index contributed by atoms with van der Waals surface area (Å²) in [7, 11) is 1.67. The number of hydrogen-bond acceptors (Lipinski definition) is 4. The molecule has 0 spiro atoms. The number of carbonyl (C=O) groups excluding carboxylic acids is 1. The van der Waals surface area contributed by atoms with E-state index in [1.165, 1.54) is 0 Å². The molecule has 1 rings (SSSR count). The maximum Gasteiger partial charge on any atom is 0.127 e. The number of aliphatic hydroxyl groups excluding tert-OH is 1. The lowest BCUT2D eigenvalue weighted by molar-refractivity contribution is -0.117. The van der Waals surface area contributed by atoms with Gasteiger partial charge in [0.1, 0.15) is 6.29 Å². The molecular weight excluding hydrogens is 206 g/mol. The van der Waals surface area contributed by atoms with E-state index in [0.29, 0.717) is 13.2 Å². The van der Waals surface area contributed by atoms with Crippen LogP contribution in [-0.4, -0.2) is 56.3 Å². The second-order valence-corrected chi connectivity index (χ2v) is 4.68. The molecule has 1 aliphatic carbocycles. The van der Waals surface area contributed by atoms with Gasteiger partial charge in [0.05, 0.1) is 13.2 Å². The molecule has 16 heavy (non-hydrogen) atoms. The van der Waals surface area contributed by atoms with Crippen LogP contribution >= 0.6 is 0 Å². The van der Waals surface area contributed by atoms with Crippen LogP contribution in [-0.2, 0) is 9.53 Å². The van der Waals surface area contributed by atoms with Crippen molar-refractivity contribution in [3.8, 4) is 0 Å². The Labute approximate surface area is 97.6 Å². The third kappa shape index (κ3) is 3.85. The number of rotatable bonds is 8. The van der Waals surface area contributed by atoms with E-state index in [-0.39, 0.29) is 12.0 Å². The summed E-state index contributed by atoms with van der Waals surface area (Å²) in [5.74, 6) is 0. The van der Waals surface area contributed by atoms with E-state index in [2.05, 4.69) is 4.90 Å². The zero-order chi connectivity index (χ0) is 11.9. The number of aliphatic hydroxyl groups is 1. The molecule has 4 nitrogen and oxygen atoms in total. The molecule has 0 heterocycles. The van der Waals surface area contributed by atoms with Crippen LogP contribution in [0.25, 0.3) is 0 Å². The van der Waals surface area contributed by atoms with E-state index in [0.717, 1.165) is 45.1 Å². The van der Waals surface area contributed by atoms with Crippen LogP contribution in [0.1, 0.15) is 25.7 Å². The highest BCUT2D eigenvalue weighted by Gasteiger charge is 2.35. The molecule has 1 fully saturated rings. The predicted octanol–water partition coefficient (Wildman–Crippen LogP) is 0.686. The summed E-state index contributed by atoms with van der Waals surface area (Å²) in [6.45, 7) is 2.96. The van der Waals surface area contributed by atoms with E-state index < -0.39 is 0 Å². The number of hydrogen-bond donors (Lipinski definition) is 1. The first-order chi connectivity index (χ1) is 7.76. The Kier molecular flexibility index (Phi) is 5.95. The molecule has 0 aromatic rings. The van der Waals surface area contributed by atoms with Gasteiger partial charge in [-0.1, -0.05) is 12.8 Å². The molecule has 0 radical (unpaired) electrons. The lowest BCUT2D eigenvalue weighted by Crippen LogP contribution is -2.40. The Hall–Kier alpha value is -0.450. The summed E-state index contributed by atoms with van der Waals surface area (Å²) >= 11 is 0. The number of aldehydes is 1. The van der Waals surface area contributed by atoms with Crippen molar-refractivity contribution < 1.29 is 14.6 Å². The van der Waals surface area contributed by atoms with Crippen molar-refractivity contribution in [2.45, 2.75) is 25.7 Å². The fourth-order valence-electron chi connectivity index (χ4n) is 2.47. The van der Waals surface area contributed by atoms with Crippen molar-refractivity contribution in [2.75, 3.05) is 40.0 Å². The van der Waals surface area contributed by atoms with Gasteiger partial charge < -0.3 is 14.6 Å². The summed E-state index contributed by atoms with van der Waals surface area (Å²) in [6.07, 6.45) is 5.40. The molecule has 4 heteroatoms. The van der Waals surface area contributed by atoms with Crippen LogP contribution in [0.2, 0.25) is 0 Å². The van der Waals surface area contributed by atoms with Gasteiger partial charge in [0, 0.05) is 32.2 Å². The summed E-state index contributed by atoms with van der Waals surface area (Å²) in [4.78, 5) is 13.4. The van der Waals surface area contributed by atoms with E-state index in [1.54, 1.807) is 7.11 Å². The molecule has 0 aromatic heterocycles. The van der Waals surface area contributed by atoms with Crippen LogP contribution in [0.5, 0.6) is 0 Å². The minimum Gasteiger partial charge on any atom is -0.395 e. The SMILES string of the molecule is COCCN(CCO)CC1(C=O)CCCC1. The van der Waals surface area contributed by atoms with E-state index in [9.17, 15) is 4.79 Å². The van der Waals surface area contributed by atoms with Gasteiger partial charge in [-0.25, -0.2) is 0 Å². The van der Waals surface area contributed by atoms with Gasteiger partial charge >= 0.3 is 0 Å². The Bertz CT molecular complexity index is 202. The maximum absolute atomic E-state index is 11.2. The molecule has 0 unspecified atom stereocenters. The minimum absolute atomic E-state index is 0.138. The Morgan fingerprint density at radius 3 is 2.56 bits per heavy atom. The van der Waals surface area contributed by atoms with Gasteiger partial charge in [0.15, 0.2) is 0 Å². The molecule has 0 aromatic carbocycles.